The van der Waals surface area contributed by atoms with E-state index in [0.29, 0.717) is 0 Å². The topological polar surface area (TPSA) is 20.2 Å². The van der Waals surface area contributed by atoms with Crippen LogP contribution >= 0.6 is 46.7 Å². The molecule has 0 saturated heterocycles. The van der Waals surface area contributed by atoms with E-state index in [9.17, 15) is 0 Å². The second-order valence-corrected chi connectivity index (χ2v) is 6.32. The summed E-state index contributed by atoms with van der Waals surface area (Å²) in [5, 5.41) is 10.1. The molecule has 1 aromatic carbocycles. The maximum Gasteiger partial charge on any atom is 0.0542 e. The fourth-order valence-corrected chi connectivity index (χ4v) is 3.56. The molecule has 0 aromatic heterocycles. The minimum absolute atomic E-state index is 0.278. The van der Waals surface area contributed by atoms with Gasteiger partial charge in [-0.05, 0) is 30.4 Å². The summed E-state index contributed by atoms with van der Waals surface area (Å²) < 4.78 is 0. The van der Waals surface area contributed by atoms with Crippen molar-refractivity contribution in [3.8, 4) is 0 Å². The van der Waals surface area contributed by atoms with Crippen molar-refractivity contribution in [1.29, 1.82) is 0 Å². The van der Waals surface area contributed by atoms with E-state index in [1.54, 1.807) is 17.8 Å². The molecular formula is C11H14Cl2OS2. The maximum atomic E-state index is 8.62. The monoisotopic (exact) mass is 296 g/mol. The highest BCUT2D eigenvalue weighted by atomic mass is 35.5. The van der Waals surface area contributed by atoms with Gasteiger partial charge in [-0.1, -0.05) is 23.2 Å². The van der Waals surface area contributed by atoms with Crippen LogP contribution in [0.4, 0.5) is 0 Å². The number of hydrogen-bond acceptors (Lipinski definition) is 3. The van der Waals surface area contributed by atoms with Gasteiger partial charge in [0.1, 0.15) is 0 Å². The molecule has 1 N–H and O–H groups in total. The first-order valence-electron chi connectivity index (χ1n) is 5.00. The van der Waals surface area contributed by atoms with Crippen LogP contribution in [-0.4, -0.2) is 29.0 Å². The van der Waals surface area contributed by atoms with Crippen LogP contribution in [0.25, 0.3) is 0 Å². The Balaban J connectivity index is 2.23. The summed E-state index contributed by atoms with van der Waals surface area (Å²) >= 11 is 15.5. The Morgan fingerprint density at radius 1 is 1.12 bits per heavy atom. The van der Waals surface area contributed by atoms with Gasteiger partial charge in [-0.2, -0.15) is 11.8 Å². The summed E-state index contributed by atoms with van der Waals surface area (Å²) in [5.41, 5.74) is 0. The number of halogens is 2. The van der Waals surface area contributed by atoms with Crippen molar-refractivity contribution in [2.75, 3.05) is 23.9 Å². The third-order valence-electron chi connectivity index (χ3n) is 1.83. The van der Waals surface area contributed by atoms with Crippen molar-refractivity contribution in [2.24, 2.45) is 0 Å². The van der Waals surface area contributed by atoms with E-state index < -0.39 is 0 Å². The van der Waals surface area contributed by atoms with Gasteiger partial charge < -0.3 is 5.11 Å². The van der Waals surface area contributed by atoms with E-state index in [0.717, 1.165) is 38.6 Å². The normalized spacial score (nSPS) is 10.7. The molecule has 0 heterocycles. The molecule has 0 atom stereocenters. The van der Waals surface area contributed by atoms with Crippen molar-refractivity contribution in [2.45, 2.75) is 11.3 Å². The number of aliphatic hydroxyl groups excluding tert-OH is 1. The Labute approximate surface area is 115 Å². The SMILES string of the molecule is OCCCSCCSc1cc(Cl)ccc1Cl. The minimum Gasteiger partial charge on any atom is -0.396 e. The molecule has 5 heteroatoms. The molecule has 0 aliphatic carbocycles. The number of thioether (sulfide) groups is 2. The Bertz CT molecular complexity index is 321. The molecule has 0 amide bonds. The molecule has 0 saturated carbocycles. The molecule has 1 aromatic rings. The summed E-state index contributed by atoms with van der Waals surface area (Å²) in [7, 11) is 0. The van der Waals surface area contributed by atoms with Crippen molar-refractivity contribution >= 4 is 46.7 Å². The minimum atomic E-state index is 0.278. The van der Waals surface area contributed by atoms with Gasteiger partial charge in [0.15, 0.2) is 0 Å². The zero-order valence-corrected chi connectivity index (χ0v) is 11.9. The lowest BCUT2D eigenvalue weighted by Crippen LogP contribution is -1.90. The highest BCUT2D eigenvalue weighted by molar-refractivity contribution is 8.03. The number of rotatable bonds is 7. The number of benzene rings is 1. The van der Waals surface area contributed by atoms with Crippen LogP contribution in [0.2, 0.25) is 10.0 Å². The first kappa shape index (κ1) is 14.5. The molecule has 1 nitrogen and oxygen atoms in total. The van der Waals surface area contributed by atoms with Crippen LogP contribution in [0.5, 0.6) is 0 Å². The lowest BCUT2D eigenvalue weighted by Gasteiger charge is -2.04. The van der Waals surface area contributed by atoms with Gasteiger partial charge in [0.05, 0.1) is 5.02 Å². The lowest BCUT2D eigenvalue weighted by molar-refractivity contribution is 0.296. The number of aliphatic hydroxyl groups is 1. The molecule has 0 fully saturated rings. The lowest BCUT2D eigenvalue weighted by atomic mass is 10.4. The summed E-state index contributed by atoms with van der Waals surface area (Å²) in [4.78, 5) is 1.04. The van der Waals surface area contributed by atoms with Crippen molar-refractivity contribution in [1.82, 2.24) is 0 Å². The van der Waals surface area contributed by atoms with Gasteiger partial charge in [0.25, 0.3) is 0 Å². The van der Waals surface area contributed by atoms with Gasteiger partial charge in [-0.3, -0.25) is 0 Å². The van der Waals surface area contributed by atoms with Crippen molar-refractivity contribution in [3.05, 3.63) is 28.2 Å². The standard InChI is InChI=1S/C11H14Cl2OS2/c12-9-2-3-10(13)11(8-9)16-7-6-15-5-1-4-14/h2-3,8,14H,1,4-7H2. The van der Waals surface area contributed by atoms with E-state index in [2.05, 4.69) is 0 Å². The summed E-state index contributed by atoms with van der Waals surface area (Å²) in [6.07, 6.45) is 0.868. The zero-order chi connectivity index (χ0) is 11.8. The van der Waals surface area contributed by atoms with Gasteiger partial charge >= 0.3 is 0 Å². The molecular weight excluding hydrogens is 283 g/mol. The van der Waals surface area contributed by atoms with E-state index in [1.165, 1.54) is 0 Å². The first-order chi connectivity index (χ1) is 7.74. The Morgan fingerprint density at radius 3 is 2.69 bits per heavy atom. The summed E-state index contributed by atoms with van der Waals surface area (Å²) in [6, 6.07) is 5.52. The molecule has 0 aliphatic heterocycles. The number of hydrogen-bond donors (Lipinski definition) is 1. The van der Waals surface area contributed by atoms with Gasteiger partial charge in [-0.25, -0.2) is 0 Å². The third-order valence-corrected chi connectivity index (χ3v) is 4.89. The average molecular weight is 297 g/mol. The van der Waals surface area contributed by atoms with E-state index in [4.69, 9.17) is 28.3 Å². The Morgan fingerprint density at radius 2 is 1.94 bits per heavy atom. The van der Waals surface area contributed by atoms with Crippen LogP contribution in [0.15, 0.2) is 23.1 Å². The van der Waals surface area contributed by atoms with E-state index >= 15 is 0 Å². The zero-order valence-electron chi connectivity index (χ0n) is 8.79. The fourth-order valence-electron chi connectivity index (χ4n) is 1.07. The van der Waals surface area contributed by atoms with Crippen LogP contribution in [0.1, 0.15) is 6.42 Å². The van der Waals surface area contributed by atoms with Gasteiger partial charge in [0.2, 0.25) is 0 Å². The predicted octanol–water partition coefficient (Wildman–Crippen LogP) is 4.20. The highest BCUT2D eigenvalue weighted by Gasteiger charge is 2.01. The van der Waals surface area contributed by atoms with Crippen LogP contribution in [0, 0.1) is 0 Å². The molecule has 0 radical (unpaired) electrons. The largest absolute Gasteiger partial charge is 0.396 e. The van der Waals surface area contributed by atoms with Crippen molar-refractivity contribution < 1.29 is 5.11 Å². The van der Waals surface area contributed by atoms with Gasteiger partial charge in [-0.15, -0.1) is 11.8 Å². The molecule has 0 bridgehead atoms. The van der Waals surface area contributed by atoms with E-state index in [-0.39, 0.29) is 6.61 Å². The first-order valence-corrected chi connectivity index (χ1v) is 7.90. The molecule has 90 valence electrons. The highest BCUT2D eigenvalue weighted by Crippen LogP contribution is 2.30. The Hall–Kier alpha value is 0.460. The van der Waals surface area contributed by atoms with Crippen LogP contribution in [-0.2, 0) is 0 Å². The predicted molar refractivity (Wildman–Crippen MR) is 76.2 cm³/mol. The van der Waals surface area contributed by atoms with E-state index in [1.807, 2.05) is 23.9 Å². The summed E-state index contributed by atoms with van der Waals surface area (Å²) in [5.74, 6) is 3.09. The second-order valence-electron chi connectivity index (χ2n) is 3.11. The molecule has 1 rings (SSSR count). The maximum absolute atomic E-state index is 8.62. The second kappa shape index (κ2) is 8.54. The third kappa shape index (κ3) is 5.69. The molecule has 16 heavy (non-hydrogen) atoms. The fraction of sp³-hybridized carbons (Fsp3) is 0.455. The van der Waals surface area contributed by atoms with Crippen LogP contribution in [0.3, 0.4) is 0 Å². The van der Waals surface area contributed by atoms with Crippen molar-refractivity contribution in [3.63, 3.8) is 0 Å². The average Bonchev–Trinajstić information content (AvgIpc) is 2.28. The Kier molecular flexibility index (Phi) is 7.75. The molecule has 0 unspecified atom stereocenters. The van der Waals surface area contributed by atoms with Crippen LogP contribution < -0.4 is 0 Å². The summed E-state index contributed by atoms with van der Waals surface area (Å²) in [6.45, 7) is 0.278. The molecule has 0 spiro atoms. The quantitative estimate of drug-likeness (QED) is 0.601. The smallest absolute Gasteiger partial charge is 0.0542 e. The molecule has 0 aliphatic rings. The van der Waals surface area contributed by atoms with Gasteiger partial charge in [0, 0.05) is 28.0 Å².